The largest absolute Gasteiger partial charge is 0.486 e. The summed E-state index contributed by atoms with van der Waals surface area (Å²) in [6.45, 7) is 4.57. The minimum absolute atomic E-state index is 0.0635. The summed E-state index contributed by atoms with van der Waals surface area (Å²) in [4.78, 5) is 18.3. The highest BCUT2D eigenvalue weighted by atomic mass is 32.2. The molecule has 0 unspecified atom stereocenters. The van der Waals surface area contributed by atoms with Gasteiger partial charge in [-0.2, -0.15) is 4.99 Å². The molecule has 1 amide bonds. The number of ether oxygens (including phenoxy) is 2. The molecule has 0 radical (unpaired) electrons. The summed E-state index contributed by atoms with van der Waals surface area (Å²) in [6, 6.07) is 5.27. The number of aliphatic imine (C=N–C) groups is 1. The first-order valence-corrected chi connectivity index (χ1v) is 11.2. The fraction of sp³-hybridized carbons (Fsp3) is 0.529. The maximum Gasteiger partial charge on any atom is 0.250 e. The molecule has 1 aromatic rings. The molecule has 3 aliphatic heterocycles. The minimum atomic E-state index is -3.09. The van der Waals surface area contributed by atoms with Gasteiger partial charge in [0.15, 0.2) is 26.5 Å². The second-order valence-corrected chi connectivity index (χ2v) is 10.2. The third-order valence-electron chi connectivity index (χ3n) is 4.57. The van der Waals surface area contributed by atoms with Crippen LogP contribution in [-0.4, -0.2) is 55.5 Å². The fourth-order valence-electron chi connectivity index (χ4n) is 3.27. The molecule has 140 valence electrons. The first kappa shape index (κ1) is 17.7. The van der Waals surface area contributed by atoms with Gasteiger partial charge in [-0.15, -0.1) is 0 Å². The van der Waals surface area contributed by atoms with E-state index in [9.17, 15) is 13.2 Å². The third-order valence-corrected chi connectivity index (χ3v) is 7.78. The molecule has 2 atom stereocenters. The maximum absolute atomic E-state index is 12.2. The van der Waals surface area contributed by atoms with E-state index in [2.05, 4.69) is 4.99 Å². The Hall–Kier alpha value is -1.74. The lowest BCUT2D eigenvalue weighted by Gasteiger charge is -2.26. The average Bonchev–Trinajstić information content (AvgIpc) is 3.05. The van der Waals surface area contributed by atoms with Gasteiger partial charge in [-0.3, -0.25) is 4.79 Å². The summed E-state index contributed by atoms with van der Waals surface area (Å²) in [5.41, 5.74) is 0.765. The number of amidine groups is 1. The van der Waals surface area contributed by atoms with Gasteiger partial charge in [-0.05, 0) is 12.1 Å². The van der Waals surface area contributed by atoms with Gasteiger partial charge in [-0.1, -0.05) is 25.6 Å². The second-order valence-electron chi connectivity index (χ2n) is 6.89. The molecule has 0 saturated carbocycles. The van der Waals surface area contributed by atoms with Crippen LogP contribution in [0.4, 0.5) is 5.69 Å². The molecule has 3 aliphatic rings. The lowest BCUT2D eigenvalue weighted by molar-refractivity contribution is -0.120. The summed E-state index contributed by atoms with van der Waals surface area (Å²) in [7, 11) is -3.09. The number of carbonyl (C=O) groups is 1. The van der Waals surface area contributed by atoms with E-state index < -0.39 is 9.84 Å². The Kier molecular flexibility index (Phi) is 4.38. The van der Waals surface area contributed by atoms with Crippen molar-refractivity contribution in [3.05, 3.63) is 18.2 Å². The van der Waals surface area contributed by atoms with E-state index in [4.69, 9.17) is 9.47 Å². The number of thioether (sulfide) groups is 1. The topological polar surface area (TPSA) is 85.3 Å². The Morgan fingerprint density at radius 3 is 2.69 bits per heavy atom. The average molecular weight is 396 g/mol. The highest BCUT2D eigenvalue weighted by Crippen LogP contribution is 2.43. The predicted octanol–water partition coefficient (Wildman–Crippen LogP) is 1.72. The van der Waals surface area contributed by atoms with Crippen LogP contribution in [-0.2, 0) is 14.6 Å². The SMILES string of the molecule is CC(C)C(=O)N=C1S[C@H]2CS(=O)(=O)C[C@H]2N1c1ccc2c(c1)OCCO2. The molecule has 0 aromatic heterocycles. The van der Waals surface area contributed by atoms with Crippen LogP contribution in [0.3, 0.4) is 0 Å². The van der Waals surface area contributed by atoms with Gasteiger partial charge in [0.25, 0.3) is 5.91 Å². The number of hydrogen-bond acceptors (Lipinski definition) is 6. The summed E-state index contributed by atoms with van der Waals surface area (Å²) in [5, 5.41) is 0.442. The van der Waals surface area contributed by atoms with Crippen molar-refractivity contribution < 1.29 is 22.7 Å². The molecule has 0 N–H and O–H groups in total. The monoisotopic (exact) mass is 396 g/mol. The number of amides is 1. The normalized spacial score (nSPS) is 27.8. The van der Waals surface area contributed by atoms with E-state index in [1.165, 1.54) is 11.8 Å². The summed E-state index contributed by atoms with van der Waals surface area (Å²) in [5.74, 6) is 1.04. The quantitative estimate of drug-likeness (QED) is 0.752. The summed E-state index contributed by atoms with van der Waals surface area (Å²) in [6.07, 6.45) is 0. The van der Waals surface area contributed by atoms with E-state index in [0.717, 1.165) is 5.69 Å². The third kappa shape index (κ3) is 3.18. The maximum atomic E-state index is 12.2. The van der Waals surface area contributed by atoms with Gasteiger partial charge in [0.05, 0.1) is 17.5 Å². The Labute approximate surface area is 156 Å². The van der Waals surface area contributed by atoms with Crippen molar-refractivity contribution in [1.82, 2.24) is 0 Å². The van der Waals surface area contributed by atoms with E-state index in [-0.39, 0.29) is 34.6 Å². The lowest BCUT2D eigenvalue weighted by atomic mass is 10.2. The van der Waals surface area contributed by atoms with E-state index in [1.54, 1.807) is 13.8 Å². The van der Waals surface area contributed by atoms with Crippen LogP contribution in [0.2, 0.25) is 0 Å². The van der Waals surface area contributed by atoms with E-state index in [0.29, 0.717) is 29.9 Å². The number of anilines is 1. The van der Waals surface area contributed by atoms with Crippen molar-refractivity contribution in [1.29, 1.82) is 0 Å². The van der Waals surface area contributed by atoms with Gasteiger partial charge in [0, 0.05) is 22.9 Å². The number of hydrogen-bond donors (Lipinski definition) is 0. The van der Waals surface area contributed by atoms with Crippen molar-refractivity contribution in [3.8, 4) is 11.5 Å². The zero-order valence-corrected chi connectivity index (χ0v) is 16.2. The Bertz CT molecular complexity index is 881. The number of benzene rings is 1. The van der Waals surface area contributed by atoms with Crippen LogP contribution in [0.1, 0.15) is 13.8 Å². The number of sulfone groups is 1. The molecule has 0 spiro atoms. The molecular weight excluding hydrogens is 376 g/mol. The van der Waals surface area contributed by atoms with Gasteiger partial charge in [-0.25, -0.2) is 8.42 Å². The Morgan fingerprint density at radius 2 is 1.96 bits per heavy atom. The number of nitrogens with zero attached hydrogens (tertiary/aromatic N) is 2. The number of rotatable bonds is 2. The number of carbonyl (C=O) groups excluding carboxylic acids is 1. The van der Waals surface area contributed by atoms with Crippen LogP contribution < -0.4 is 14.4 Å². The molecule has 9 heteroatoms. The molecule has 0 bridgehead atoms. The van der Waals surface area contributed by atoms with Crippen LogP contribution in [0, 0.1) is 5.92 Å². The van der Waals surface area contributed by atoms with Crippen molar-refractivity contribution in [2.24, 2.45) is 10.9 Å². The first-order chi connectivity index (χ1) is 12.3. The molecule has 2 fully saturated rings. The van der Waals surface area contributed by atoms with Crippen LogP contribution >= 0.6 is 11.8 Å². The Balaban J connectivity index is 1.74. The van der Waals surface area contributed by atoms with Crippen LogP contribution in [0.15, 0.2) is 23.2 Å². The second kappa shape index (κ2) is 6.45. The van der Waals surface area contributed by atoms with Gasteiger partial charge >= 0.3 is 0 Å². The van der Waals surface area contributed by atoms with Gasteiger partial charge in [0.1, 0.15) is 13.2 Å². The molecule has 7 nitrogen and oxygen atoms in total. The van der Waals surface area contributed by atoms with Crippen molar-refractivity contribution >= 4 is 38.4 Å². The van der Waals surface area contributed by atoms with Gasteiger partial charge < -0.3 is 14.4 Å². The Morgan fingerprint density at radius 1 is 1.23 bits per heavy atom. The predicted molar refractivity (Wildman–Crippen MR) is 101 cm³/mol. The smallest absolute Gasteiger partial charge is 0.250 e. The molecule has 26 heavy (non-hydrogen) atoms. The molecular formula is C17H20N2O5S2. The van der Waals surface area contributed by atoms with Crippen molar-refractivity contribution in [3.63, 3.8) is 0 Å². The molecule has 4 rings (SSSR count). The van der Waals surface area contributed by atoms with E-state index >= 15 is 0 Å². The molecule has 3 heterocycles. The summed E-state index contributed by atoms with van der Waals surface area (Å²) < 4.78 is 35.4. The zero-order chi connectivity index (χ0) is 18.5. The zero-order valence-electron chi connectivity index (χ0n) is 14.5. The first-order valence-electron chi connectivity index (χ1n) is 8.52. The fourth-order valence-corrected chi connectivity index (χ4v) is 7.19. The molecule has 0 aliphatic carbocycles. The highest BCUT2D eigenvalue weighted by Gasteiger charge is 2.49. The minimum Gasteiger partial charge on any atom is -0.486 e. The highest BCUT2D eigenvalue weighted by molar-refractivity contribution is 8.16. The molecule has 2 saturated heterocycles. The van der Waals surface area contributed by atoms with Crippen LogP contribution in [0.25, 0.3) is 0 Å². The summed E-state index contributed by atoms with van der Waals surface area (Å²) >= 11 is 1.37. The van der Waals surface area contributed by atoms with Crippen molar-refractivity contribution in [2.45, 2.75) is 25.1 Å². The molecule has 1 aromatic carbocycles. The number of fused-ring (bicyclic) bond motifs is 2. The lowest BCUT2D eigenvalue weighted by Crippen LogP contribution is -2.38. The standard InChI is InChI=1S/C17H20N2O5S2/c1-10(2)16(20)18-17-19(12-8-26(21,22)9-15(12)25-17)11-3-4-13-14(7-11)24-6-5-23-13/h3-4,7,10,12,15H,5-6,8-9H2,1-2H3/t12-,15+/m1/s1. The van der Waals surface area contributed by atoms with Gasteiger partial charge in [0.2, 0.25) is 0 Å². The van der Waals surface area contributed by atoms with E-state index in [1.807, 2.05) is 23.1 Å². The van der Waals surface area contributed by atoms with Crippen LogP contribution in [0.5, 0.6) is 11.5 Å². The van der Waals surface area contributed by atoms with Crippen molar-refractivity contribution in [2.75, 3.05) is 29.6 Å².